The Balaban J connectivity index is 1.14. The van der Waals surface area contributed by atoms with Crippen LogP contribution in [0.1, 0.15) is 12.5 Å². The van der Waals surface area contributed by atoms with Gasteiger partial charge in [-0.25, -0.2) is 24.1 Å². The highest BCUT2D eigenvalue weighted by Crippen LogP contribution is 2.68. The summed E-state index contributed by atoms with van der Waals surface area (Å²) in [6, 6.07) is 0.871. The third kappa shape index (κ3) is 9.16. The number of aromatic nitrogens is 6. The second-order valence-electron chi connectivity index (χ2n) is 10.4. The number of ether oxygens (including phenoxy) is 2. The van der Waals surface area contributed by atoms with Crippen LogP contribution in [0.25, 0.3) is 11.2 Å². The fourth-order valence-electron chi connectivity index (χ4n) is 4.68. The number of nitrogens with one attached hydrogen (secondary N) is 1. The number of nitrogens with two attached hydrogens (primary N) is 1. The third-order valence-corrected chi connectivity index (χ3v) is 12.8. The summed E-state index contributed by atoms with van der Waals surface area (Å²) in [5.41, 5.74) is 3.98. The normalized spacial score (nSPS) is 31.5. The van der Waals surface area contributed by atoms with Crippen molar-refractivity contribution in [1.29, 1.82) is 0 Å². The highest BCUT2D eigenvalue weighted by molar-refractivity contribution is 7.87. The largest absolute Gasteiger partial charge is 0.756 e. The maximum atomic E-state index is 12.4. The van der Waals surface area contributed by atoms with Crippen molar-refractivity contribution in [2.24, 2.45) is 0 Å². The Morgan fingerprint density at radius 3 is 1.92 bits per heavy atom. The monoisotopic (exact) mass is 804 g/mol. The van der Waals surface area contributed by atoms with Gasteiger partial charge in [-0.1, -0.05) is 0 Å². The van der Waals surface area contributed by atoms with Crippen molar-refractivity contribution in [3.8, 4) is 0 Å². The lowest BCUT2D eigenvalue weighted by Gasteiger charge is -2.38. The minimum atomic E-state index is -6.43. The second-order valence-corrected chi connectivity index (χ2v) is 16.6. The molecule has 3 radical (unpaired) electrons. The van der Waals surface area contributed by atoms with E-state index in [2.05, 4.69) is 36.9 Å². The van der Waals surface area contributed by atoms with Crippen LogP contribution in [0.5, 0.6) is 0 Å². The predicted molar refractivity (Wildman–Crippen MR) is 154 cm³/mol. The SMILES string of the molecule is [B-]P(=O)(OP(=O)([O-])OC[C@H]1O[C@@H](n2ccc(=O)[nH]c2=O)[C@H](O)[C@@H]1O)OP(=O)([O-])OP(=O)([O-])OC[C@H]1O[C@@H](n2cnc3c(N)ncnc32)[C@H](O)[C@@H]1O. The number of aromatic amines is 1. The highest BCUT2D eigenvalue weighted by atomic mass is 31.3. The van der Waals surface area contributed by atoms with Gasteiger partial charge in [0.2, 0.25) is 0 Å². The highest BCUT2D eigenvalue weighted by Gasteiger charge is 2.46. The molecule has 2 aliphatic heterocycles. The fourth-order valence-corrected chi connectivity index (χ4v) is 9.71. The van der Waals surface area contributed by atoms with Crippen molar-refractivity contribution < 1.29 is 84.8 Å². The fraction of sp³-hybridized carbons (Fsp3) is 0.526. The molecule has 2 fully saturated rings. The van der Waals surface area contributed by atoms with Crippen LogP contribution in [-0.4, -0.2) is 107 Å². The summed E-state index contributed by atoms with van der Waals surface area (Å²) < 4.78 is 81.5. The summed E-state index contributed by atoms with van der Waals surface area (Å²) in [6.07, 6.45) is -10.8. The van der Waals surface area contributed by atoms with E-state index in [-0.39, 0.29) is 17.0 Å². The first-order valence-electron chi connectivity index (χ1n) is 13.6. The molecule has 0 aromatic carbocycles. The van der Waals surface area contributed by atoms with Crippen LogP contribution in [0.3, 0.4) is 0 Å². The van der Waals surface area contributed by atoms with Crippen LogP contribution in [0, 0.1) is 0 Å². The zero-order valence-corrected chi connectivity index (χ0v) is 28.4. The van der Waals surface area contributed by atoms with Gasteiger partial charge in [-0.2, -0.15) is 0 Å². The average molecular weight is 804 g/mol. The molecule has 27 nitrogen and oxygen atoms in total. The van der Waals surface area contributed by atoms with Crippen LogP contribution in [0.2, 0.25) is 0 Å². The number of aliphatic hydroxyl groups is 4. The topological polar surface area (TPSA) is 407 Å². The van der Waals surface area contributed by atoms with Crippen LogP contribution >= 0.6 is 30.9 Å². The van der Waals surface area contributed by atoms with Crippen molar-refractivity contribution in [3.05, 3.63) is 45.8 Å². The van der Waals surface area contributed by atoms with Gasteiger partial charge in [0, 0.05) is 12.3 Å². The number of hydrogen-bond donors (Lipinski definition) is 6. The molecule has 2 saturated heterocycles. The van der Waals surface area contributed by atoms with E-state index >= 15 is 0 Å². The Morgan fingerprint density at radius 1 is 0.824 bits per heavy atom. The molecule has 51 heavy (non-hydrogen) atoms. The summed E-state index contributed by atoms with van der Waals surface area (Å²) >= 11 is 0. The van der Waals surface area contributed by atoms with Crippen LogP contribution in [0.4, 0.5) is 5.82 Å². The number of H-pyrrole nitrogens is 1. The summed E-state index contributed by atoms with van der Waals surface area (Å²) in [5.74, 6) is -0.0316. The van der Waals surface area contributed by atoms with Crippen molar-refractivity contribution >= 4 is 55.5 Å². The molecule has 0 spiro atoms. The molecular formula is C19H23BN7O20P4-4. The van der Waals surface area contributed by atoms with Gasteiger partial charge >= 0.3 is 5.69 Å². The Bertz CT molecular complexity index is 2080. The molecule has 5 heterocycles. The van der Waals surface area contributed by atoms with Crippen molar-refractivity contribution in [2.75, 3.05) is 18.9 Å². The molecule has 32 heteroatoms. The molecule has 2 aliphatic rings. The lowest BCUT2D eigenvalue weighted by molar-refractivity contribution is -0.241. The number of nitrogen functional groups attached to an aromatic ring is 1. The van der Waals surface area contributed by atoms with Crippen LogP contribution < -0.4 is 31.7 Å². The number of fused-ring (bicyclic) bond motifs is 1. The molecule has 5 rings (SSSR count). The number of imidazole rings is 1. The molecule has 0 amide bonds. The standard InChI is InChI=1S/C19H26BN7O20P4/c20-48(34,45-49(35,36)41-3-7-11(29)13(31)17(43-7)26-2-1-9(28)25-19(26)33)46-51(39,40)47-50(37,38)42-4-8-12(30)14(32)18(44-8)27-6-24-10-15(21)22-5-23-16(10)27/h1-2,5-8,11-14,17-18,29-32H,3-4H2,(H,35,36)(H,37,38)(H,39,40)(H2,21,22,23)(H,25,28,33)/q-1/p-3/t7-,8-,11-,12-,13-,14-,17-,18-,48?/m1/s1. The molecule has 3 aromatic rings. The van der Waals surface area contributed by atoms with E-state index in [1.807, 2.05) is 4.98 Å². The number of phosphoric acid groups is 3. The van der Waals surface area contributed by atoms with Crippen LogP contribution in [0.15, 0.2) is 34.5 Å². The maximum Gasteiger partial charge on any atom is 0.330 e. The predicted octanol–water partition coefficient (Wildman–Crippen LogP) is -5.04. The quantitative estimate of drug-likeness (QED) is 0.0656. The zero-order chi connectivity index (χ0) is 37.7. The van der Waals surface area contributed by atoms with Gasteiger partial charge in [-0.05, 0) is 0 Å². The Hall–Kier alpha value is -2.55. The maximum absolute atomic E-state index is 12.4. The van der Waals surface area contributed by atoms with Gasteiger partial charge in [0.05, 0.1) is 27.0 Å². The average Bonchev–Trinajstić information content (AvgIpc) is 3.64. The summed E-state index contributed by atoms with van der Waals surface area (Å²) in [6.45, 7) is -2.42. The minimum Gasteiger partial charge on any atom is -0.756 e. The van der Waals surface area contributed by atoms with E-state index in [0.717, 1.165) is 29.5 Å². The van der Waals surface area contributed by atoms with Crippen LogP contribution in [-0.2, 0) is 49.7 Å². The number of phosphoric ester groups is 2. The van der Waals surface area contributed by atoms with E-state index in [1.165, 1.54) is 0 Å². The molecule has 3 aromatic heterocycles. The summed E-state index contributed by atoms with van der Waals surface area (Å²) in [7, 11) is -19.4. The second kappa shape index (κ2) is 14.7. The molecule has 4 unspecified atom stereocenters. The number of aliphatic hydroxyl groups excluding tert-OH is 4. The van der Waals surface area contributed by atoms with Gasteiger partial charge in [0.25, 0.3) is 29.0 Å². The van der Waals surface area contributed by atoms with E-state index in [4.69, 9.17) is 22.8 Å². The number of hydrogen-bond acceptors (Lipinski definition) is 24. The third-order valence-electron chi connectivity index (χ3n) is 6.88. The van der Waals surface area contributed by atoms with E-state index in [9.17, 15) is 63.0 Å². The van der Waals surface area contributed by atoms with Crippen molar-refractivity contribution in [3.63, 3.8) is 0 Å². The molecule has 7 N–H and O–H groups in total. The van der Waals surface area contributed by atoms with E-state index < -0.39 is 104 Å². The first kappa shape index (κ1) is 39.7. The number of rotatable bonds is 14. The molecule has 12 atom stereocenters. The minimum absolute atomic E-state index is 0.0316. The molecule has 0 bridgehead atoms. The Labute approximate surface area is 283 Å². The van der Waals surface area contributed by atoms with E-state index in [0.29, 0.717) is 4.57 Å². The van der Waals surface area contributed by atoms with Crippen molar-refractivity contribution in [1.82, 2.24) is 29.1 Å². The first-order chi connectivity index (χ1) is 23.6. The van der Waals surface area contributed by atoms with Crippen molar-refractivity contribution in [2.45, 2.75) is 49.1 Å². The smallest absolute Gasteiger partial charge is 0.330 e. The van der Waals surface area contributed by atoms with Gasteiger partial charge in [-0.15, -0.1) is 0 Å². The Kier molecular flexibility index (Phi) is 11.4. The molecule has 281 valence electrons. The zero-order valence-electron chi connectivity index (χ0n) is 24.8. The molecular weight excluding hydrogens is 781 g/mol. The van der Waals surface area contributed by atoms with E-state index in [1.54, 1.807) is 0 Å². The number of anilines is 1. The Morgan fingerprint density at radius 2 is 1.35 bits per heavy atom. The summed E-state index contributed by atoms with van der Waals surface area (Å²) in [4.78, 5) is 73.3. The van der Waals surface area contributed by atoms with Gasteiger partial charge in [-0.3, -0.25) is 41.2 Å². The van der Waals surface area contributed by atoms with Gasteiger partial charge in [0.1, 0.15) is 48.5 Å². The lowest BCUT2D eigenvalue weighted by Crippen LogP contribution is -2.37. The number of nitrogens with zero attached hydrogens (tertiary/aromatic N) is 5. The summed E-state index contributed by atoms with van der Waals surface area (Å²) in [5, 5.41) is 41.2. The lowest BCUT2D eigenvalue weighted by atomic mass is 10.1. The van der Waals surface area contributed by atoms with Gasteiger partial charge in [0.15, 0.2) is 23.9 Å². The van der Waals surface area contributed by atoms with Gasteiger partial charge < -0.3 is 71.5 Å². The molecule has 0 aliphatic carbocycles. The first-order valence-corrected chi connectivity index (χ1v) is 19.6. The molecule has 0 saturated carbocycles.